The molecule has 0 aliphatic rings. The van der Waals surface area contributed by atoms with Crippen molar-refractivity contribution >= 4 is 22.4 Å². The highest BCUT2D eigenvalue weighted by Crippen LogP contribution is 2.18. The molecule has 2 heterocycles. The Balaban J connectivity index is 1.37. The maximum absolute atomic E-state index is 12.8. The van der Waals surface area contributed by atoms with Gasteiger partial charge in [-0.25, -0.2) is 0 Å². The molecule has 2 aromatic heterocycles. The van der Waals surface area contributed by atoms with E-state index in [9.17, 15) is 4.79 Å². The zero-order valence-corrected chi connectivity index (χ0v) is 17.7. The predicted molar refractivity (Wildman–Crippen MR) is 123 cm³/mol. The molecule has 5 nitrogen and oxygen atoms in total. The zero-order chi connectivity index (χ0) is 21.2. The number of aromatic nitrogens is 3. The Morgan fingerprint density at radius 1 is 1.00 bits per heavy atom. The number of aryl methyl sites for hydroxylation is 1. The molecule has 0 atom stereocenters. The van der Waals surface area contributed by atoms with Gasteiger partial charge in [0, 0.05) is 5.56 Å². The summed E-state index contributed by atoms with van der Waals surface area (Å²) in [7, 11) is 0. The minimum Gasteiger partial charge on any atom is -0.489 e. The third kappa shape index (κ3) is 4.11. The summed E-state index contributed by atoms with van der Waals surface area (Å²) in [5.74, 6) is 1.35. The molecule has 0 radical (unpaired) electrons. The lowest BCUT2D eigenvalue weighted by Crippen LogP contribution is -2.23. The van der Waals surface area contributed by atoms with Crippen LogP contribution in [0.1, 0.15) is 16.7 Å². The second-order valence-electron chi connectivity index (χ2n) is 7.26. The van der Waals surface area contributed by atoms with Crippen LogP contribution in [0.5, 0.6) is 5.75 Å². The molecule has 152 valence electrons. The summed E-state index contributed by atoms with van der Waals surface area (Å²) in [5, 5.41) is 4.42. The van der Waals surface area contributed by atoms with Gasteiger partial charge in [-0.15, -0.1) is 5.10 Å². The molecule has 0 aliphatic carbocycles. The van der Waals surface area contributed by atoms with Crippen molar-refractivity contribution in [1.29, 1.82) is 0 Å². The third-order valence-electron chi connectivity index (χ3n) is 4.88. The highest BCUT2D eigenvalue weighted by Gasteiger charge is 2.12. The van der Waals surface area contributed by atoms with Crippen LogP contribution >= 0.6 is 11.3 Å². The van der Waals surface area contributed by atoms with Crippen LogP contribution < -0.4 is 14.8 Å². The maximum atomic E-state index is 12.8. The lowest BCUT2D eigenvalue weighted by atomic mass is 10.1. The van der Waals surface area contributed by atoms with Crippen molar-refractivity contribution in [2.24, 2.45) is 0 Å². The van der Waals surface area contributed by atoms with E-state index in [0.29, 0.717) is 21.9 Å². The third-order valence-corrected chi connectivity index (χ3v) is 5.84. The number of thiazole rings is 1. The lowest BCUT2D eigenvalue weighted by Gasteiger charge is -2.06. The molecule has 5 rings (SSSR count). The Morgan fingerprint density at radius 2 is 1.81 bits per heavy atom. The van der Waals surface area contributed by atoms with E-state index in [-0.39, 0.29) is 5.56 Å². The molecule has 0 spiro atoms. The van der Waals surface area contributed by atoms with Gasteiger partial charge >= 0.3 is 0 Å². The first kappa shape index (κ1) is 19.2. The molecule has 5 aromatic rings. The van der Waals surface area contributed by atoms with Crippen molar-refractivity contribution in [3.63, 3.8) is 0 Å². The second-order valence-corrected chi connectivity index (χ2v) is 8.27. The highest BCUT2D eigenvalue weighted by atomic mass is 32.1. The molecule has 0 N–H and O–H groups in total. The summed E-state index contributed by atoms with van der Waals surface area (Å²) in [6, 6.07) is 25.7. The Hall–Kier alpha value is -3.77. The van der Waals surface area contributed by atoms with Crippen molar-refractivity contribution in [2.45, 2.75) is 13.5 Å². The predicted octanol–water partition coefficient (Wildman–Crippen LogP) is 4.25. The fourth-order valence-electron chi connectivity index (χ4n) is 3.29. The van der Waals surface area contributed by atoms with E-state index >= 15 is 0 Å². The van der Waals surface area contributed by atoms with Crippen molar-refractivity contribution in [1.82, 2.24) is 14.6 Å². The van der Waals surface area contributed by atoms with Crippen LogP contribution in [0, 0.1) is 6.92 Å². The van der Waals surface area contributed by atoms with E-state index in [1.165, 1.54) is 15.9 Å². The quantitative estimate of drug-likeness (QED) is 0.422. The fourth-order valence-corrected chi connectivity index (χ4v) is 4.20. The number of ether oxygens (including phenoxy) is 1. The van der Waals surface area contributed by atoms with Gasteiger partial charge in [-0.1, -0.05) is 77.6 Å². The largest absolute Gasteiger partial charge is 0.489 e. The number of hydrogen-bond donors (Lipinski definition) is 0. The van der Waals surface area contributed by atoms with Gasteiger partial charge in [0.2, 0.25) is 4.96 Å². The summed E-state index contributed by atoms with van der Waals surface area (Å²) in [5.41, 5.74) is 3.92. The van der Waals surface area contributed by atoms with Crippen LogP contribution in [0.3, 0.4) is 0 Å². The fraction of sp³-hybridized carbons (Fsp3) is 0.0800. The molecule has 0 aliphatic heterocycles. The Labute approximate surface area is 182 Å². The molecule has 31 heavy (non-hydrogen) atoms. The van der Waals surface area contributed by atoms with Crippen LogP contribution in [0.15, 0.2) is 83.7 Å². The summed E-state index contributed by atoms with van der Waals surface area (Å²) >= 11 is 1.34. The maximum Gasteiger partial charge on any atom is 0.291 e. The number of rotatable bonds is 5. The van der Waals surface area contributed by atoms with Gasteiger partial charge in [-0.05, 0) is 42.3 Å². The van der Waals surface area contributed by atoms with Crippen LogP contribution in [-0.2, 0) is 6.61 Å². The molecule has 0 unspecified atom stereocenters. The van der Waals surface area contributed by atoms with E-state index in [1.54, 1.807) is 0 Å². The van der Waals surface area contributed by atoms with Crippen molar-refractivity contribution in [3.05, 3.63) is 110 Å². The average Bonchev–Trinajstić information content (AvgIpc) is 3.33. The molecule has 0 saturated carbocycles. The normalized spacial score (nSPS) is 11.8. The molecule has 3 aromatic carbocycles. The van der Waals surface area contributed by atoms with Crippen LogP contribution in [0.25, 0.3) is 22.4 Å². The number of nitrogens with zero attached hydrogens (tertiary/aromatic N) is 3. The SMILES string of the molecule is Cc1cccc(-c2nc3sc(=Cc4ccc(OCc5ccccc5)cc4)c(=O)n3n2)c1. The monoisotopic (exact) mass is 425 g/mol. The molecule has 0 fully saturated rings. The Bertz CT molecular complexity index is 1450. The van der Waals surface area contributed by atoms with Crippen LogP contribution in [0.4, 0.5) is 0 Å². The topological polar surface area (TPSA) is 56.5 Å². The number of hydrogen-bond acceptors (Lipinski definition) is 5. The minimum absolute atomic E-state index is 0.157. The van der Waals surface area contributed by atoms with E-state index in [1.807, 2.05) is 91.9 Å². The summed E-state index contributed by atoms with van der Waals surface area (Å²) in [6.45, 7) is 2.54. The first-order chi connectivity index (χ1) is 15.2. The molecule has 0 saturated heterocycles. The van der Waals surface area contributed by atoms with Gasteiger partial charge < -0.3 is 4.74 Å². The van der Waals surface area contributed by atoms with Crippen molar-refractivity contribution < 1.29 is 4.74 Å². The van der Waals surface area contributed by atoms with E-state index in [0.717, 1.165) is 28.0 Å². The van der Waals surface area contributed by atoms with Crippen LogP contribution in [-0.4, -0.2) is 14.6 Å². The molecule has 0 amide bonds. The molecule has 6 heteroatoms. The Kier molecular flexibility index (Phi) is 5.06. The Morgan fingerprint density at radius 3 is 2.55 bits per heavy atom. The van der Waals surface area contributed by atoms with Crippen molar-refractivity contribution in [2.75, 3.05) is 0 Å². The zero-order valence-electron chi connectivity index (χ0n) is 16.9. The first-order valence-corrected chi connectivity index (χ1v) is 10.7. The van der Waals surface area contributed by atoms with Crippen molar-refractivity contribution in [3.8, 4) is 17.1 Å². The van der Waals surface area contributed by atoms with Gasteiger partial charge in [0.1, 0.15) is 12.4 Å². The van der Waals surface area contributed by atoms with Gasteiger partial charge in [0.25, 0.3) is 5.56 Å². The smallest absolute Gasteiger partial charge is 0.291 e. The summed E-state index contributed by atoms with van der Waals surface area (Å²) in [4.78, 5) is 17.9. The summed E-state index contributed by atoms with van der Waals surface area (Å²) < 4.78 is 7.80. The van der Waals surface area contributed by atoms with Gasteiger partial charge in [-0.3, -0.25) is 4.79 Å². The van der Waals surface area contributed by atoms with Gasteiger partial charge in [0.05, 0.1) is 4.53 Å². The van der Waals surface area contributed by atoms with E-state index in [4.69, 9.17) is 4.74 Å². The molecular formula is C25H19N3O2S. The standard InChI is InChI=1S/C25H19N3O2S/c1-17-6-5-9-20(14-17)23-26-25-28(27-23)24(29)22(31-25)15-18-10-12-21(13-11-18)30-16-19-7-3-2-4-8-19/h2-15H,16H2,1H3. The van der Waals surface area contributed by atoms with E-state index in [2.05, 4.69) is 10.1 Å². The highest BCUT2D eigenvalue weighted by molar-refractivity contribution is 7.15. The van der Waals surface area contributed by atoms with E-state index < -0.39 is 0 Å². The average molecular weight is 426 g/mol. The first-order valence-electron chi connectivity index (χ1n) is 9.91. The second kappa shape index (κ2) is 8.16. The van der Waals surface area contributed by atoms with Gasteiger partial charge in [-0.2, -0.15) is 9.50 Å². The van der Waals surface area contributed by atoms with Gasteiger partial charge in [0.15, 0.2) is 5.82 Å². The summed E-state index contributed by atoms with van der Waals surface area (Å²) in [6.07, 6.45) is 1.86. The molecule has 0 bridgehead atoms. The lowest BCUT2D eigenvalue weighted by molar-refractivity contribution is 0.306. The molecular weight excluding hydrogens is 406 g/mol. The number of fused-ring (bicyclic) bond motifs is 1. The minimum atomic E-state index is -0.157. The van der Waals surface area contributed by atoms with Crippen LogP contribution in [0.2, 0.25) is 0 Å². The number of benzene rings is 3.